The highest BCUT2D eigenvalue weighted by atomic mass is 127. The number of aromatic nitrogens is 2. The van der Waals surface area contributed by atoms with Gasteiger partial charge in [0.05, 0.1) is 11.0 Å². The number of benzene rings is 2. The number of nitrogens with two attached hydrogens (primary N) is 1. The molecule has 0 unspecified atom stereocenters. The van der Waals surface area contributed by atoms with Gasteiger partial charge in [-0.05, 0) is 49.2 Å². The third-order valence-electron chi connectivity index (χ3n) is 4.05. The predicted molar refractivity (Wildman–Crippen MR) is 111 cm³/mol. The van der Waals surface area contributed by atoms with Crippen LogP contribution in [-0.4, -0.2) is 15.5 Å². The van der Waals surface area contributed by atoms with E-state index in [2.05, 4.69) is 41.3 Å². The summed E-state index contributed by atoms with van der Waals surface area (Å²) < 4.78 is 2.04. The highest BCUT2D eigenvalue weighted by Gasteiger charge is 2.06. The minimum Gasteiger partial charge on any atom is -0.370 e. The second-order valence-electron chi connectivity index (χ2n) is 5.70. The monoisotopic (exact) mass is 435 g/mol. The molecule has 0 aliphatic heterocycles. The molecule has 0 spiro atoms. The first-order valence-electron chi connectivity index (χ1n) is 7.59. The van der Waals surface area contributed by atoms with Gasteiger partial charge in [-0.15, -0.1) is 24.0 Å². The van der Waals surface area contributed by atoms with E-state index < -0.39 is 0 Å². The lowest BCUT2D eigenvalue weighted by Gasteiger charge is -2.08. The number of nitrogens with one attached hydrogen (secondary N) is 1. The number of hydrogen-bond donors (Lipinski definition) is 2. The molecule has 0 atom stereocenters. The van der Waals surface area contributed by atoms with Crippen LogP contribution in [-0.2, 0) is 13.6 Å². The quantitative estimate of drug-likeness (QED) is 0.374. The molecule has 0 fully saturated rings. The number of hydrogen-bond acceptors (Lipinski definition) is 2. The van der Waals surface area contributed by atoms with E-state index in [1.165, 1.54) is 11.1 Å². The van der Waals surface area contributed by atoms with Gasteiger partial charge in [0.2, 0.25) is 0 Å². The first-order chi connectivity index (χ1) is 11.0. The van der Waals surface area contributed by atoms with Crippen LogP contribution in [0.2, 0.25) is 0 Å². The Kier molecular flexibility index (Phi) is 5.82. The zero-order chi connectivity index (χ0) is 16.4. The van der Waals surface area contributed by atoms with Crippen LogP contribution >= 0.6 is 24.0 Å². The number of imidazole rings is 1. The average Bonchev–Trinajstić information content (AvgIpc) is 2.86. The SMILES string of the molecule is Cc1ccc(NC(N)=NCc2nc3ccccc3n2C)cc1C.I. The van der Waals surface area contributed by atoms with Gasteiger partial charge in [0.15, 0.2) is 5.96 Å². The maximum absolute atomic E-state index is 5.99. The largest absolute Gasteiger partial charge is 0.370 e. The van der Waals surface area contributed by atoms with Crippen LogP contribution in [0.1, 0.15) is 17.0 Å². The summed E-state index contributed by atoms with van der Waals surface area (Å²) in [6.45, 7) is 4.60. The molecule has 24 heavy (non-hydrogen) atoms. The number of aryl methyl sites for hydroxylation is 3. The van der Waals surface area contributed by atoms with E-state index in [9.17, 15) is 0 Å². The van der Waals surface area contributed by atoms with Crippen LogP contribution in [0.25, 0.3) is 11.0 Å². The van der Waals surface area contributed by atoms with Crippen LogP contribution in [0, 0.1) is 13.8 Å². The normalized spacial score (nSPS) is 11.4. The van der Waals surface area contributed by atoms with Crippen molar-refractivity contribution in [3.63, 3.8) is 0 Å². The molecular weight excluding hydrogens is 413 g/mol. The highest BCUT2D eigenvalue weighted by Crippen LogP contribution is 2.15. The molecule has 5 nitrogen and oxygen atoms in total. The Labute approximate surface area is 159 Å². The van der Waals surface area contributed by atoms with Crippen molar-refractivity contribution in [2.45, 2.75) is 20.4 Å². The summed E-state index contributed by atoms with van der Waals surface area (Å²) >= 11 is 0. The minimum absolute atomic E-state index is 0. The maximum atomic E-state index is 5.99. The summed E-state index contributed by atoms with van der Waals surface area (Å²) in [5, 5.41) is 3.12. The highest BCUT2D eigenvalue weighted by molar-refractivity contribution is 14.0. The molecule has 0 saturated carbocycles. The van der Waals surface area contributed by atoms with E-state index in [0.717, 1.165) is 22.5 Å². The van der Waals surface area contributed by atoms with Gasteiger partial charge in [0.1, 0.15) is 12.4 Å². The molecule has 0 amide bonds. The van der Waals surface area contributed by atoms with Crippen LogP contribution in [0.4, 0.5) is 5.69 Å². The Morgan fingerprint density at radius 3 is 2.62 bits per heavy atom. The third kappa shape index (κ3) is 3.87. The van der Waals surface area contributed by atoms with Crippen molar-refractivity contribution in [1.82, 2.24) is 9.55 Å². The number of aliphatic imine (C=N–C) groups is 1. The number of nitrogens with zero attached hydrogens (tertiary/aromatic N) is 3. The van der Waals surface area contributed by atoms with Gasteiger partial charge >= 0.3 is 0 Å². The lowest BCUT2D eigenvalue weighted by Crippen LogP contribution is -2.22. The molecule has 0 saturated heterocycles. The summed E-state index contributed by atoms with van der Waals surface area (Å²) in [5.74, 6) is 1.27. The third-order valence-corrected chi connectivity index (χ3v) is 4.05. The van der Waals surface area contributed by atoms with Gasteiger partial charge in [-0.1, -0.05) is 18.2 Å². The molecule has 3 aromatic rings. The summed E-state index contributed by atoms with van der Waals surface area (Å²) in [6, 6.07) is 14.2. The molecule has 126 valence electrons. The van der Waals surface area contributed by atoms with Crippen molar-refractivity contribution in [2.75, 3.05) is 5.32 Å². The van der Waals surface area contributed by atoms with Crippen LogP contribution in [0.3, 0.4) is 0 Å². The zero-order valence-corrected chi connectivity index (χ0v) is 16.4. The van der Waals surface area contributed by atoms with Crippen LogP contribution in [0.5, 0.6) is 0 Å². The van der Waals surface area contributed by atoms with E-state index in [1.54, 1.807) is 0 Å². The predicted octanol–water partition coefficient (Wildman–Crippen LogP) is 3.73. The number of para-hydroxylation sites is 2. The van der Waals surface area contributed by atoms with Gasteiger partial charge in [-0.25, -0.2) is 9.98 Å². The van der Waals surface area contributed by atoms with Crippen LogP contribution < -0.4 is 11.1 Å². The van der Waals surface area contributed by atoms with Crippen molar-refractivity contribution in [3.05, 3.63) is 59.4 Å². The fraction of sp³-hybridized carbons (Fsp3) is 0.222. The molecule has 1 heterocycles. The first-order valence-corrected chi connectivity index (χ1v) is 7.59. The lowest BCUT2D eigenvalue weighted by molar-refractivity contribution is 0.812. The van der Waals surface area contributed by atoms with Crippen molar-refractivity contribution >= 4 is 46.7 Å². The van der Waals surface area contributed by atoms with E-state index in [1.807, 2.05) is 41.9 Å². The molecule has 0 bridgehead atoms. The van der Waals surface area contributed by atoms with Crippen LogP contribution in [0.15, 0.2) is 47.5 Å². The fourth-order valence-corrected chi connectivity index (χ4v) is 2.50. The Bertz CT molecular complexity index is 882. The van der Waals surface area contributed by atoms with Gasteiger partial charge in [0.25, 0.3) is 0 Å². The van der Waals surface area contributed by atoms with Gasteiger partial charge in [-0.3, -0.25) is 0 Å². The molecule has 3 rings (SSSR count). The van der Waals surface area contributed by atoms with Crippen molar-refractivity contribution in [3.8, 4) is 0 Å². The minimum atomic E-state index is 0. The van der Waals surface area contributed by atoms with Gasteiger partial charge in [0, 0.05) is 12.7 Å². The van der Waals surface area contributed by atoms with E-state index in [4.69, 9.17) is 5.73 Å². The molecule has 0 radical (unpaired) electrons. The zero-order valence-electron chi connectivity index (χ0n) is 14.1. The summed E-state index contributed by atoms with van der Waals surface area (Å²) in [5.41, 5.74) is 11.5. The second kappa shape index (κ2) is 7.65. The summed E-state index contributed by atoms with van der Waals surface area (Å²) in [7, 11) is 1.99. The van der Waals surface area contributed by atoms with Crippen molar-refractivity contribution in [1.29, 1.82) is 0 Å². The average molecular weight is 435 g/mol. The molecule has 0 aliphatic rings. The Morgan fingerprint density at radius 2 is 1.92 bits per heavy atom. The topological polar surface area (TPSA) is 68.2 Å². The van der Waals surface area contributed by atoms with Gasteiger partial charge in [-0.2, -0.15) is 0 Å². The standard InChI is InChI=1S/C18H21N5.HI/c1-12-8-9-14(10-13(12)2)21-18(19)20-11-17-22-15-6-4-5-7-16(15)23(17)3;/h4-10H,11H2,1-3H3,(H3,19,20,21);1H. The van der Waals surface area contributed by atoms with Crippen molar-refractivity contribution < 1.29 is 0 Å². The molecule has 2 aromatic carbocycles. The molecule has 0 aliphatic carbocycles. The maximum Gasteiger partial charge on any atom is 0.193 e. The lowest BCUT2D eigenvalue weighted by atomic mass is 10.1. The Hall–Kier alpha value is -2.09. The number of rotatable bonds is 3. The number of guanidine groups is 1. The summed E-state index contributed by atoms with van der Waals surface area (Å²) in [6.07, 6.45) is 0. The van der Waals surface area contributed by atoms with Gasteiger partial charge < -0.3 is 15.6 Å². The number of halogens is 1. The molecular formula is C18H22IN5. The summed E-state index contributed by atoms with van der Waals surface area (Å²) in [4.78, 5) is 8.99. The van der Waals surface area contributed by atoms with E-state index in [-0.39, 0.29) is 24.0 Å². The first kappa shape index (κ1) is 18.3. The fourth-order valence-electron chi connectivity index (χ4n) is 2.50. The Morgan fingerprint density at radius 1 is 1.17 bits per heavy atom. The number of fused-ring (bicyclic) bond motifs is 1. The second-order valence-corrected chi connectivity index (χ2v) is 5.70. The van der Waals surface area contributed by atoms with Crippen molar-refractivity contribution in [2.24, 2.45) is 17.8 Å². The molecule has 3 N–H and O–H groups in total. The van der Waals surface area contributed by atoms with E-state index in [0.29, 0.717) is 12.5 Å². The Balaban J connectivity index is 0.00000208. The molecule has 6 heteroatoms. The number of anilines is 1. The smallest absolute Gasteiger partial charge is 0.193 e. The van der Waals surface area contributed by atoms with E-state index >= 15 is 0 Å². The molecule has 1 aromatic heterocycles.